The zero-order valence-corrected chi connectivity index (χ0v) is 18.8. The summed E-state index contributed by atoms with van der Waals surface area (Å²) in [6, 6.07) is 35.7. The van der Waals surface area contributed by atoms with Crippen LogP contribution in [0.25, 0.3) is 0 Å². The van der Waals surface area contributed by atoms with E-state index in [1.165, 1.54) is 0 Å². The lowest BCUT2D eigenvalue weighted by atomic mass is 10.1. The molecule has 0 atom stereocenters. The summed E-state index contributed by atoms with van der Waals surface area (Å²) in [5, 5.41) is 0. The Hall–Kier alpha value is -3.70. The molecule has 4 aromatic carbocycles. The third kappa shape index (κ3) is 3.95. The maximum absolute atomic E-state index is 13.6. The standard InChI is InChI=1S/C27H20BrN3O/c28-20-15-17-21(18-16-20)29-26-24-13-7-8-14-25(24)31(27(26)32)19-30(22-9-3-1-4-10-22)23-11-5-2-6-12-23/h1-18H,19H2. The topological polar surface area (TPSA) is 35.9 Å². The molecular formula is C27H20BrN3O. The third-order valence-corrected chi connectivity index (χ3v) is 5.91. The third-order valence-electron chi connectivity index (χ3n) is 5.38. The molecule has 0 saturated carbocycles. The van der Waals surface area contributed by atoms with Crippen LogP contribution in [0.1, 0.15) is 5.56 Å². The van der Waals surface area contributed by atoms with Gasteiger partial charge in [0, 0.05) is 21.4 Å². The van der Waals surface area contributed by atoms with Crippen molar-refractivity contribution in [2.75, 3.05) is 16.5 Å². The van der Waals surface area contributed by atoms with E-state index >= 15 is 0 Å². The fourth-order valence-corrected chi connectivity index (χ4v) is 4.09. The van der Waals surface area contributed by atoms with Gasteiger partial charge in [-0.05, 0) is 54.6 Å². The van der Waals surface area contributed by atoms with Crippen LogP contribution in [0.4, 0.5) is 22.7 Å². The molecule has 4 nitrogen and oxygen atoms in total. The fraction of sp³-hybridized carbons (Fsp3) is 0.0370. The van der Waals surface area contributed by atoms with Gasteiger partial charge in [-0.15, -0.1) is 0 Å². The Balaban J connectivity index is 1.55. The first kappa shape index (κ1) is 20.2. The van der Waals surface area contributed by atoms with Crippen molar-refractivity contribution >= 4 is 50.3 Å². The first-order chi connectivity index (χ1) is 15.7. The van der Waals surface area contributed by atoms with Crippen LogP contribution in [-0.4, -0.2) is 18.3 Å². The molecule has 0 aromatic heterocycles. The number of hydrogen-bond donors (Lipinski definition) is 0. The van der Waals surface area contributed by atoms with Crippen LogP contribution >= 0.6 is 15.9 Å². The van der Waals surface area contributed by atoms with Crippen molar-refractivity contribution in [3.05, 3.63) is 119 Å². The van der Waals surface area contributed by atoms with Crippen molar-refractivity contribution in [2.45, 2.75) is 0 Å². The summed E-state index contributed by atoms with van der Waals surface area (Å²) in [5.74, 6) is -0.106. The number of halogens is 1. The smallest absolute Gasteiger partial charge is 0.279 e. The number of anilines is 3. The number of carbonyl (C=O) groups is 1. The Kier molecular flexibility index (Phi) is 5.57. The van der Waals surface area contributed by atoms with Crippen LogP contribution in [-0.2, 0) is 4.79 Å². The number of hydrogen-bond acceptors (Lipinski definition) is 3. The van der Waals surface area contributed by atoms with E-state index in [9.17, 15) is 4.79 Å². The summed E-state index contributed by atoms with van der Waals surface area (Å²) in [6.45, 7) is 0.378. The lowest BCUT2D eigenvalue weighted by Gasteiger charge is -2.30. The first-order valence-electron chi connectivity index (χ1n) is 10.3. The monoisotopic (exact) mass is 481 g/mol. The first-order valence-corrected chi connectivity index (χ1v) is 11.1. The highest BCUT2D eigenvalue weighted by atomic mass is 79.9. The maximum Gasteiger partial charge on any atom is 0.279 e. The minimum Gasteiger partial charge on any atom is -0.323 e. The summed E-state index contributed by atoms with van der Waals surface area (Å²) in [6.07, 6.45) is 0. The van der Waals surface area contributed by atoms with Crippen molar-refractivity contribution in [3.8, 4) is 0 Å². The van der Waals surface area contributed by atoms with Gasteiger partial charge in [0.1, 0.15) is 12.4 Å². The average Bonchev–Trinajstić information content (AvgIpc) is 3.10. The Morgan fingerprint density at radius 2 is 1.28 bits per heavy atom. The van der Waals surface area contributed by atoms with E-state index in [1.54, 1.807) is 4.90 Å². The molecule has 0 N–H and O–H groups in total. The van der Waals surface area contributed by atoms with Gasteiger partial charge in [-0.1, -0.05) is 70.5 Å². The Bertz CT molecular complexity index is 1230. The van der Waals surface area contributed by atoms with Crippen LogP contribution < -0.4 is 9.80 Å². The largest absolute Gasteiger partial charge is 0.323 e. The predicted octanol–water partition coefficient (Wildman–Crippen LogP) is 6.71. The maximum atomic E-state index is 13.6. The molecule has 0 unspecified atom stereocenters. The summed E-state index contributed by atoms with van der Waals surface area (Å²) in [4.78, 5) is 22.2. The molecule has 1 heterocycles. The number of benzene rings is 4. The molecule has 0 fully saturated rings. The van der Waals surface area contributed by atoms with Gasteiger partial charge in [-0.2, -0.15) is 0 Å². The van der Waals surface area contributed by atoms with E-state index in [4.69, 9.17) is 4.99 Å². The summed E-state index contributed by atoms with van der Waals surface area (Å²) in [5.41, 5.74) is 4.96. The molecule has 1 amide bonds. The van der Waals surface area contributed by atoms with Crippen LogP contribution in [0, 0.1) is 0 Å². The molecule has 156 valence electrons. The minimum absolute atomic E-state index is 0.106. The second-order valence-corrected chi connectivity index (χ2v) is 8.34. The van der Waals surface area contributed by atoms with Crippen molar-refractivity contribution in [3.63, 3.8) is 0 Å². The van der Waals surface area contributed by atoms with Gasteiger partial charge in [0.05, 0.1) is 11.4 Å². The molecular weight excluding hydrogens is 462 g/mol. The van der Waals surface area contributed by atoms with Crippen molar-refractivity contribution < 1.29 is 4.79 Å². The number of aliphatic imine (C=N–C) groups is 1. The minimum atomic E-state index is -0.106. The van der Waals surface area contributed by atoms with E-state index in [2.05, 4.69) is 45.1 Å². The number of nitrogens with zero attached hydrogens (tertiary/aromatic N) is 3. The number of carbonyl (C=O) groups excluding carboxylic acids is 1. The van der Waals surface area contributed by atoms with Crippen LogP contribution in [0.5, 0.6) is 0 Å². The van der Waals surface area contributed by atoms with Gasteiger partial charge >= 0.3 is 0 Å². The van der Waals surface area contributed by atoms with Gasteiger partial charge < -0.3 is 4.90 Å². The number of para-hydroxylation sites is 3. The molecule has 0 radical (unpaired) electrons. The highest BCUT2D eigenvalue weighted by molar-refractivity contribution is 9.10. The van der Waals surface area contributed by atoms with E-state index < -0.39 is 0 Å². The number of fused-ring (bicyclic) bond motifs is 1. The van der Waals surface area contributed by atoms with E-state index in [1.807, 2.05) is 84.9 Å². The lowest BCUT2D eigenvalue weighted by Crippen LogP contribution is -2.39. The van der Waals surface area contributed by atoms with Gasteiger partial charge in [0.25, 0.3) is 5.91 Å². The highest BCUT2D eigenvalue weighted by Crippen LogP contribution is 2.34. The van der Waals surface area contributed by atoms with Crippen molar-refractivity contribution in [1.29, 1.82) is 0 Å². The number of amides is 1. The summed E-state index contributed by atoms with van der Waals surface area (Å²) >= 11 is 3.45. The normalized spacial score (nSPS) is 14.0. The van der Waals surface area contributed by atoms with E-state index in [0.717, 1.165) is 32.8 Å². The van der Waals surface area contributed by atoms with E-state index in [0.29, 0.717) is 12.4 Å². The lowest BCUT2D eigenvalue weighted by molar-refractivity contribution is -0.112. The predicted molar refractivity (Wildman–Crippen MR) is 134 cm³/mol. The molecule has 0 saturated heterocycles. The van der Waals surface area contributed by atoms with Crippen molar-refractivity contribution in [1.82, 2.24) is 0 Å². The average molecular weight is 482 g/mol. The Labute approximate surface area is 195 Å². The molecule has 0 spiro atoms. The zero-order valence-electron chi connectivity index (χ0n) is 17.2. The molecule has 4 aromatic rings. The zero-order chi connectivity index (χ0) is 21.9. The van der Waals surface area contributed by atoms with Crippen LogP contribution in [0.2, 0.25) is 0 Å². The quantitative estimate of drug-likeness (QED) is 0.317. The molecule has 32 heavy (non-hydrogen) atoms. The van der Waals surface area contributed by atoms with Crippen LogP contribution in [0.15, 0.2) is 119 Å². The highest BCUT2D eigenvalue weighted by Gasteiger charge is 2.35. The molecule has 5 rings (SSSR count). The van der Waals surface area contributed by atoms with Crippen molar-refractivity contribution in [2.24, 2.45) is 4.99 Å². The second kappa shape index (κ2) is 8.81. The Morgan fingerprint density at radius 1 is 0.719 bits per heavy atom. The van der Waals surface area contributed by atoms with Gasteiger partial charge in [0.15, 0.2) is 0 Å². The number of rotatable bonds is 5. The summed E-state index contributed by atoms with van der Waals surface area (Å²) < 4.78 is 0.975. The van der Waals surface area contributed by atoms with Gasteiger partial charge in [0.2, 0.25) is 0 Å². The molecule has 0 bridgehead atoms. The molecule has 0 aliphatic carbocycles. The van der Waals surface area contributed by atoms with Crippen LogP contribution in [0.3, 0.4) is 0 Å². The van der Waals surface area contributed by atoms with Gasteiger partial charge in [-0.25, -0.2) is 4.99 Å². The molecule has 5 heteroatoms. The van der Waals surface area contributed by atoms with E-state index in [-0.39, 0.29) is 5.91 Å². The molecule has 1 aliphatic rings. The fourth-order valence-electron chi connectivity index (χ4n) is 3.82. The Morgan fingerprint density at radius 3 is 1.91 bits per heavy atom. The van der Waals surface area contributed by atoms with Gasteiger partial charge in [-0.3, -0.25) is 9.69 Å². The molecule has 1 aliphatic heterocycles. The SMILES string of the molecule is O=C1C(=Nc2ccc(Br)cc2)c2ccccc2N1CN(c1ccccc1)c1ccccc1. The second-order valence-electron chi connectivity index (χ2n) is 7.43. The summed E-state index contributed by atoms with van der Waals surface area (Å²) in [7, 11) is 0.